The summed E-state index contributed by atoms with van der Waals surface area (Å²) >= 11 is 5.31. The Morgan fingerprint density at radius 1 is 1.07 bits per heavy atom. The maximum Gasteiger partial charge on any atom is 0.303 e. The molecule has 2 N–H and O–H groups in total. The quantitative estimate of drug-likeness (QED) is 0.379. The third-order valence-electron chi connectivity index (χ3n) is 6.23. The van der Waals surface area contributed by atoms with Crippen molar-refractivity contribution >= 4 is 23.4 Å². The molecular weight excluding hydrogens is 386 g/mol. The van der Waals surface area contributed by atoms with E-state index in [1.165, 1.54) is 24.8 Å². The van der Waals surface area contributed by atoms with Crippen LogP contribution < -0.4 is 5.32 Å². The highest BCUT2D eigenvalue weighted by molar-refractivity contribution is 7.80. The van der Waals surface area contributed by atoms with E-state index in [1.54, 1.807) is 0 Å². The van der Waals surface area contributed by atoms with E-state index in [1.807, 2.05) is 18.2 Å². The van der Waals surface area contributed by atoms with Gasteiger partial charge in [0.15, 0.2) is 0 Å². The second kappa shape index (κ2) is 11.5. The van der Waals surface area contributed by atoms with Crippen molar-refractivity contribution < 1.29 is 19.4 Å². The van der Waals surface area contributed by atoms with E-state index in [0.29, 0.717) is 42.4 Å². The Kier molecular flexibility index (Phi) is 8.74. The van der Waals surface area contributed by atoms with Crippen molar-refractivity contribution in [2.45, 2.75) is 76.5 Å². The van der Waals surface area contributed by atoms with Gasteiger partial charge in [-0.2, -0.15) is 0 Å². The minimum atomic E-state index is -0.692. The fourth-order valence-electron chi connectivity index (χ4n) is 4.79. The molecule has 1 aromatic carbocycles. The van der Waals surface area contributed by atoms with Gasteiger partial charge in [-0.05, 0) is 61.7 Å². The first kappa shape index (κ1) is 22.0. The first-order valence-corrected chi connectivity index (χ1v) is 11.4. The molecule has 5 nitrogen and oxygen atoms in total. The summed E-state index contributed by atoms with van der Waals surface area (Å²) in [5.74, 6) is 0.482. The Hall–Kier alpha value is -1.66. The van der Waals surface area contributed by atoms with Gasteiger partial charge in [-0.1, -0.05) is 49.6 Å². The number of nitrogens with one attached hydrogen (secondary N) is 1. The molecule has 6 heteroatoms. The van der Waals surface area contributed by atoms with Gasteiger partial charge in [-0.15, -0.1) is 0 Å². The third-order valence-corrected chi connectivity index (χ3v) is 6.49. The highest BCUT2D eigenvalue weighted by Crippen LogP contribution is 2.47. The maximum atomic E-state index is 10.6. The molecule has 4 atom stereocenters. The number of hydrogen-bond donors (Lipinski definition) is 2. The van der Waals surface area contributed by atoms with Crippen LogP contribution in [0.3, 0.4) is 0 Å². The van der Waals surface area contributed by atoms with Crippen LogP contribution in [0.25, 0.3) is 0 Å². The molecular formula is C23H33NO4S. The number of hydrogen-bond acceptors (Lipinski definition) is 4. The van der Waals surface area contributed by atoms with Crippen LogP contribution in [0, 0.1) is 11.8 Å². The molecule has 29 heavy (non-hydrogen) atoms. The summed E-state index contributed by atoms with van der Waals surface area (Å²) in [6.07, 6.45) is 9.64. The van der Waals surface area contributed by atoms with E-state index in [0.717, 1.165) is 32.1 Å². The molecule has 3 rings (SSSR count). The van der Waals surface area contributed by atoms with Crippen LogP contribution in [-0.4, -0.2) is 35.1 Å². The number of benzene rings is 1. The van der Waals surface area contributed by atoms with Gasteiger partial charge < -0.3 is 19.9 Å². The van der Waals surface area contributed by atoms with Crippen LogP contribution in [0.15, 0.2) is 30.3 Å². The van der Waals surface area contributed by atoms with Crippen LogP contribution >= 0.6 is 12.2 Å². The molecule has 0 radical (unpaired) electrons. The first-order chi connectivity index (χ1) is 14.1. The summed E-state index contributed by atoms with van der Waals surface area (Å²) in [7, 11) is 0. The number of unbranched alkanes of at least 4 members (excludes halogenated alkanes) is 3. The predicted molar refractivity (Wildman–Crippen MR) is 117 cm³/mol. The molecule has 2 aliphatic heterocycles. The van der Waals surface area contributed by atoms with Gasteiger partial charge in [-0.25, -0.2) is 0 Å². The fourth-order valence-corrected chi connectivity index (χ4v) is 4.94. The Morgan fingerprint density at radius 3 is 2.48 bits per heavy atom. The second-order valence-corrected chi connectivity index (χ2v) is 8.60. The van der Waals surface area contributed by atoms with Gasteiger partial charge in [-0.3, -0.25) is 4.79 Å². The lowest BCUT2D eigenvalue weighted by Crippen LogP contribution is -2.30. The molecule has 2 saturated heterocycles. The van der Waals surface area contributed by atoms with Crippen molar-refractivity contribution in [3.05, 3.63) is 35.9 Å². The average Bonchev–Trinajstić information content (AvgIpc) is 3.32. The maximum absolute atomic E-state index is 10.6. The van der Waals surface area contributed by atoms with Crippen LogP contribution in [0.5, 0.6) is 0 Å². The van der Waals surface area contributed by atoms with Crippen molar-refractivity contribution in [3.63, 3.8) is 0 Å². The lowest BCUT2D eigenvalue weighted by Gasteiger charge is -2.28. The van der Waals surface area contributed by atoms with Crippen LogP contribution in [0.4, 0.5) is 0 Å². The summed E-state index contributed by atoms with van der Waals surface area (Å²) in [4.78, 5) is 10.6. The molecule has 0 aliphatic carbocycles. The fraction of sp³-hybridized carbons (Fsp3) is 0.652. The van der Waals surface area contributed by atoms with Gasteiger partial charge in [0.25, 0.3) is 5.17 Å². The highest BCUT2D eigenvalue weighted by atomic mass is 32.1. The van der Waals surface area contributed by atoms with E-state index < -0.39 is 5.97 Å². The number of fused-ring (bicyclic) bond motifs is 2. The van der Waals surface area contributed by atoms with Crippen molar-refractivity contribution in [2.24, 2.45) is 11.8 Å². The molecule has 1 aromatic rings. The summed E-state index contributed by atoms with van der Waals surface area (Å²) in [5, 5.41) is 12.4. The Labute approximate surface area is 179 Å². The number of ether oxygens (including phenoxy) is 2. The van der Waals surface area contributed by atoms with Gasteiger partial charge in [0, 0.05) is 13.0 Å². The van der Waals surface area contributed by atoms with E-state index >= 15 is 0 Å². The Balaban J connectivity index is 1.33. The van der Waals surface area contributed by atoms with E-state index in [9.17, 15) is 4.79 Å². The molecule has 0 spiro atoms. The van der Waals surface area contributed by atoms with Crippen molar-refractivity contribution in [1.82, 2.24) is 5.32 Å². The molecule has 160 valence electrons. The van der Waals surface area contributed by atoms with Gasteiger partial charge in [0.2, 0.25) is 0 Å². The Morgan fingerprint density at radius 2 is 1.76 bits per heavy atom. The van der Waals surface area contributed by atoms with E-state index in [2.05, 4.69) is 17.4 Å². The number of rotatable bonds is 12. The number of carboxylic acids is 1. The number of carbonyl (C=O) groups is 1. The lowest BCUT2D eigenvalue weighted by molar-refractivity contribution is -0.137. The molecule has 0 unspecified atom stereocenters. The second-order valence-electron chi connectivity index (χ2n) is 8.23. The molecule has 2 fully saturated rings. The SMILES string of the molecule is O=C(O)CCCCCC[C@@H]1[C@@H](CCOC(=S)NCc2ccccc2)[C@H]2CC[C@@H]1O2. The topological polar surface area (TPSA) is 67.8 Å². The van der Waals surface area contributed by atoms with Gasteiger partial charge in [0.1, 0.15) is 0 Å². The summed E-state index contributed by atoms with van der Waals surface area (Å²) < 4.78 is 12.0. The summed E-state index contributed by atoms with van der Waals surface area (Å²) in [5.41, 5.74) is 1.18. The minimum absolute atomic E-state index is 0.287. The van der Waals surface area contributed by atoms with Crippen LogP contribution in [0.2, 0.25) is 0 Å². The normalized spacial score (nSPS) is 25.1. The van der Waals surface area contributed by atoms with Crippen molar-refractivity contribution in [1.29, 1.82) is 0 Å². The zero-order valence-corrected chi connectivity index (χ0v) is 17.9. The zero-order chi connectivity index (χ0) is 20.5. The monoisotopic (exact) mass is 419 g/mol. The predicted octanol–water partition coefficient (Wildman–Crippen LogP) is 4.69. The molecule has 2 aliphatic rings. The highest BCUT2D eigenvalue weighted by Gasteiger charge is 2.47. The molecule has 0 aromatic heterocycles. The third kappa shape index (κ3) is 6.96. The van der Waals surface area contributed by atoms with Crippen LogP contribution in [0.1, 0.15) is 63.4 Å². The Bertz CT molecular complexity index is 654. The first-order valence-electron chi connectivity index (χ1n) is 11.0. The standard InChI is InChI=1S/C23H33NO4S/c25-22(26)11-7-2-1-6-10-18-19(21-13-12-20(18)28-21)14-15-27-23(29)24-16-17-8-4-3-5-9-17/h3-5,8-9,18-21H,1-2,6-7,10-16H2,(H,24,29)(H,25,26)/t18-,19-,20+,21-/m1/s1. The van der Waals surface area contributed by atoms with Crippen molar-refractivity contribution in [2.75, 3.05) is 6.61 Å². The minimum Gasteiger partial charge on any atom is -0.481 e. The van der Waals surface area contributed by atoms with Gasteiger partial charge in [0.05, 0.1) is 18.8 Å². The summed E-state index contributed by atoms with van der Waals surface area (Å²) in [6.45, 7) is 1.31. The molecule has 2 bridgehead atoms. The summed E-state index contributed by atoms with van der Waals surface area (Å²) in [6, 6.07) is 10.2. The van der Waals surface area contributed by atoms with E-state index in [-0.39, 0.29) is 6.42 Å². The largest absolute Gasteiger partial charge is 0.481 e. The molecule has 0 amide bonds. The van der Waals surface area contributed by atoms with Crippen LogP contribution in [-0.2, 0) is 20.8 Å². The van der Waals surface area contributed by atoms with E-state index in [4.69, 9.17) is 26.8 Å². The number of aliphatic carboxylic acids is 1. The molecule has 2 heterocycles. The number of carboxylic acid groups (broad SMARTS) is 1. The number of thiocarbonyl (C=S) groups is 1. The zero-order valence-electron chi connectivity index (χ0n) is 17.1. The lowest BCUT2D eigenvalue weighted by atomic mass is 9.75. The molecule has 0 saturated carbocycles. The van der Waals surface area contributed by atoms with Gasteiger partial charge >= 0.3 is 5.97 Å². The average molecular weight is 420 g/mol. The van der Waals surface area contributed by atoms with Crippen molar-refractivity contribution in [3.8, 4) is 0 Å². The smallest absolute Gasteiger partial charge is 0.303 e.